The number of rotatable bonds is 2. The Morgan fingerprint density at radius 3 is 2.94 bits per heavy atom. The van der Waals surface area contributed by atoms with Crippen LogP contribution < -0.4 is 16.0 Å². The van der Waals surface area contributed by atoms with E-state index in [1.165, 1.54) is 18.2 Å². The molecule has 3 amide bonds. The zero-order valence-corrected chi connectivity index (χ0v) is 9.70. The number of anilines is 1. The van der Waals surface area contributed by atoms with E-state index in [1.54, 1.807) is 6.07 Å². The zero-order chi connectivity index (χ0) is 13.0. The molecule has 1 saturated heterocycles. The normalized spacial score (nSPS) is 18.9. The van der Waals surface area contributed by atoms with Crippen LogP contribution in [0.1, 0.15) is 12.8 Å². The maximum atomic E-state index is 12.9. The second-order valence-electron chi connectivity index (χ2n) is 4.15. The first-order valence-corrected chi connectivity index (χ1v) is 5.73. The smallest absolute Gasteiger partial charge is 0.319 e. The Bertz CT molecular complexity index is 454. The van der Waals surface area contributed by atoms with Crippen LogP contribution >= 0.6 is 0 Å². The predicted molar refractivity (Wildman–Crippen MR) is 64.6 cm³/mol. The average Bonchev–Trinajstić information content (AvgIpc) is 2.32. The number of benzene rings is 1. The predicted octanol–water partition coefficient (Wildman–Crippen LogP) is 1.23. The van der Waals surface area contributed by atoms with Crippen molar-refractivity contribution in [2.45, 2.75) is 18.9 Å². The first-order chi connectivity index (χ1) is 8.63. The molecule has 18 heavy (non-hydrogen) atoms. The quantitative estimate of drug-likeness (QED) is 0.739. The van der Waals surface area contributed by atoms with E-state index in [0.29, 0.717) is 25.1 Å². The third kappa shape index (κ3) is 3.44. The van der Waals surface area contributed by atoms with E-state index in [4.69, 9.17) is 0 Å². The summed E-state index contributed by atoms with van der Waals surface area (Å²) in [6.45, 7) is 0.426. The number of carbonyl (C=O) groups excluding carboxylic acids is 2. The monoisotopic (exact) mass is 251 g/mol. The van der Waals surface area contributed by atoms with Gasteiger partial charge in [0.25, 0.3) is 0 Å². The number of halogens is 1. The van der Waals surface area contributed by atoms with Crippen LogP contribution in [0.5, 0.6) is 0 Å². The lowest BCUT2D eigenvalue weighted by Crippen LogP contribution is -2.48. The summed E-state index contributed by atoms with van der Waals surface area (Å²) in [6.07, 6.45) is 1.02. The van der Waals surface area contributed by atoms with Gasteiger partial charge in [-0.15, -0.1) is 0 Å². The molecule has 0 bridgehead atoms. The summed E-state index contributed by atoms with van der Waals surface area (Å²) < 4.78 is 12.9. The molecular weight excluding hydrogens is 237 g/mol. The van der Waals surface area contributed by atoms with Gasteiger partial charge < -0.3 is 16.0 Å². The second-order valence-corrected chi connectivity index (χ2v) is 4.15. The summed E-state index contributed by atoms with van der Waals surface area (Å²) in [7, 11) is 0. The summed E-state index contributed by atoms with van der Waals surface area (Å²) in [5.41, 5.74) is 0.396. The lowest BCUT2D eigenvalue weighted by atomic mass is 10.1. The summed E-state index contributed by atoms with van der Waals surface area (Å²) >= 11 is 0. The van der Waals surface area contributed by atoms with Gasteiger partial charge in [-0.05, 0) is 24.6 Å². The number of amides is 3. The standard InChI is InChI=1S/C12H14FN3O2/c13-8-2-1-3-9(6-8)15-12(18)16-10-4-5-11(17)14-7-10/h1-3,6,10H,4-5,7H2,(H,14,17)(H2,15,16,18). The number of hydrogen-bond donors (Lipinski definition) is 3. The highest BCUT2D eigenvalue weighted by Crippen LogP contribution is 2.09. The van der Waals surface area contributed by atoms with Gasteiger partial charge in [0.05, 0.1) is 0 Å². The van der Waals surface area contributed by atoms with Crippen molar-refractivity contribution < 1.29 is 14.0 Å². The first-order valence-electron chi connectivity index (χ1n) is 5.73. The second kappa shape index (κ2) is 5.48. The van der Waals surface area contributed by atoms with Crippen LogP contribution in [0.25, 0.3) is 0 Å². The summed E-state index contributed by atoms with van der Waals surface area (Å²) in [6, 6.07) is 5.18. The van der Waals surface area contributed by atoms with Crippen molar-refractivity contribution in [3.63, 3.8) is 0 Å². The number of hydrogen-bond acceptors (Lipinski definition) is 2. The minimum absolute atomic E-state index is 0.00131. The van der Waals surface area contributed by atoms with Gasteiger partial charge in [-0.1, -0.05) is 6.07 Å². The van der Waals surface area contributed by atoms with Gasteiger partial charge in [-0.3, -0.25) is 4.79 Å². The average molecular weight is 251 g/mol. The van der Waals surface area contributed by atoms with Crippen molar-refractivity contribution in [3.05, 3.63) is 30.1 Å². The number of urea groups is 1. The van der Waals surface area contributed by atoms with Crippen LogP contribution in [-0.4, -0.2) is 24.5 Å². The SMILES string of the molecule is O=C1CCC(NC(=O)Nc2cccc(F)c2)CN1. The van der Waals surface area contributed by atoms with Crippen molar-refractivity contribution in [2.24, 2.45) is 0 Å². The fourth-order valence-electron chi connectivity index (χ4n) is 1.77. The van der Waals surface area contributed by atoms with E-state index in [1.807, 2.05) is 0 Å². The third-order valence-corrected chi connectivity index (χ3v) is 2.68. The van der Waals surface area contributed by atoms with Crippen LogP contribution in [0, 0.1) is 5.82 Å². The molecule has 0 saturated carbocycles. The van der Waals surface area contributed by atoms with Gasteiger partial charge in [-0.2, -0.15) is 0 Å². The molecule has 1 aromatic rings. The lowest BCUT2D eigenvalue weighted by molar-refractivity contribution is -0.122. The van der Waals surface area contributed by atoms with Crippen LogP contribution in [0.4, 0.5) is 14.9 Å². The fourth-order valence-corrected chi connectivity index (χ4v) is 1.77. The van der Waals surface area contributed by atoms with E-state index in [0.717, 1.165) is 0 Å². The van der Waals surface area contributed by atoms with Crippen molar-refractivity contribution in [1.29, 1.82) is 0 Å². The van der Waals surface area contributed by atoms with E-state index in [2.05, 4.69) is 16.0 Å². The van der Waals surface area contributed by atoms with Gasteiger partial charge in [-0.25, -0.2) is 9.18 Å². The molecule has 6 heteroatoms. The van der Waals surface area contributed by atoms with Crippen LogP contribution in [0.2, 0.25) is 0 Å². The fraction of sp³-hybridized carbons (Fsp3) is 0.333. The minimum atomic E-state index is -0.405. The first kappa shape index (κ1) is 12.3. The Kier molecular flexibility index (Phi) is 3.76. The molecule has 1 aromatic carbocycles. The van der Waals surface area contributed by atoms with Crippen molar-refractivity contribution in [3.8, 4) is 0 Å². The molecular formula is C12H14FN3O2. The van der Waals surface area contributed by atoms with E-state index in [9.17, 15) is 14.0 Å². The van der Waals surface area contributed by atoms with Crippen molar-refractivity contribution in [2.75, 3.05) is 11.9 Å². The number of nitrogens with one attached hydrogen (secondary N) is 3. The molecule has 1 atom stereocenters. The number of carbonyl (C=O) groups is 2. The largest absolute Gasteiger partial charge is 0.354 e. The van der Waals surface area contributed by atoms with E-state index >= 15 is 0 Å². The molecule has 5 nitrogen and oxygen atoms in total. The Morgan fingerprint density at radius 2 is 2.28 bits per heavy atom. The molecule has 0 radical (unpaired) electrons. The topological polar surface area (TPSA) is 70.2 Å². The minimum Gasteiger partial charge on any atom is -0.354 e. The Hall–Kier alpha value is -2.11. The Balaban J connectivity index is 1.83. The third-order valence-electron chi connectivity index (χ3n) is 2.68. The highest BCUT2D eigenvalue weighted by molar-refractivity contribution is 5.89. The Morgan fingerprint density at radius 1 is 1.44 bits per heavy atom. The highest BCUT2D eigenvalue weighted by Gasteiger charge is 2.19. The molecule has 3 N–H and O–H groups in total. The van der Waals surface area contributed by atoms with Crippen LogP contribution in [0.15, 0.2) is 24.3 Å². The van der Waals surface area contributed by atoms with E-state index < -0.39 is 11.8 Å². The van der Waals surface area contributed by atoms with Gasteiger partial charge in [0.1, 0.15) is 5.82 Å². The van der Waals surface area contributed by atoms with Crippen LogP contribution in [0.3, 0.4) is 0 Å². The Labute approximate surface area is 104 Å². The van der Waals surface area contributed by atoms with Gasteiger partial charge in [0.2, 0.25) is 5.91 Å². The molecule has 0 aliphatic carbocycles. The molecule has 1 fully saturated rings. The van der Waals surface area contributed by atoms with Gasteiger partial charge >= 0.3 is 6.03 Å². The molecule has 1 aliphatic rings. The molecule has 2 rings (SSSR count). The van der Waals surface area contributed by atoms with Crippen LogP contribution in [-0.2, 0) is 4.79 Å². The van der Waals surface area contributed by atoms with Crippen molar-refractivity contribution >= 4 is 17.6 Å². The summed E-state index contributed by atoms with van der Waals surface area (Å²) in [5.74, 6) is -0.406. The lowest BCUT2D eigenvalue weighted by Gasteiger charge is -2.23. The molecule has 0 spiro atoms. The zero-order valence-electron chi connectivity index (χ0n) is 9.70. The van der Waals surface area contributed by atoms with Gasteiger partial charge in [0, 0.05) is 24.7 Å². The van der Waals surface area contributed by atoms with Gasteiger partial charge in [0.15, 0.2) is 0 Å². The molecule has 1 aliphatic heterocycles. The van der Waals surface area contributed by atoms with E-state index in [-0.39, 0.29) is 11.9 Å². The molecule has 1 heterocycles. The summed E-state index contributed by atoms with van der Waals surface area (Å²) in [5, 5.41) is 7.93. The van der Waals surface area contributed by atoms with Crippen molar-refractivity contribution in [1.82, 2.24) is 10.6 Å². The maximum absolute atomic E-state index is 12.9. The summed E-state index contributed by atoms with van der Waals surface area (Å²) in [4.78, 5) is 22.6. The highest BCUT2D eigenvalue weighted by atomic mass is 19.1. The molecule has 1 unspecified atom stereocenters. The number of piperidine rings is 1. The maximum Gasteiger partial charge on any atom is 0.319 e. The molecule has 0 aromatic heterocycles. The molecule has 96 valence electrons.